The maximum atomic E-state index is 13.7. The topological polar surface area (TPSA) is 26.0 Å². The molecule has 0 aliphatic carbocycles. The molecule has 2 N–H and O–H groups in total. The minimum atomic E-state index is -0.533. The average molecular weight is 319 g/mol. The molecule has 0 aliphatic heterocycles. The maximum absolute atomic E-state index is 13.7. The summed E-state index contributed by atoms with van der Waals surface area (Å²) in [6, 6.07) is 9.08. The van der Waals surface area contributed by atoms with Gasteiger partial charge in [-0.2, -0.15) is 0 Å². The Morgan fingerprint density at radius 3 is 2.58 bits per heavy atom. The summed E-state index contributed by atoms with van der Waals surface area (Å²) in [5, 5.41) is 1.35. The fourth-order valence-electron chi connectivity index (χ4n) is 1.85. The van der Waals surface area contributed by atoms with E-state index in [1.807, 2.05) is 6.07 Å². The molecule has 5 heteroatoms. The van der Waals surface area contributed by atoms with Crippen molar-refractivity contribution in [3.63, 3.8) is 0 Å². The summed E-state index contributed by atoms with van der Waals surface area (Å²) in [6.07, 6.45) is 0.386. The van der Waals surface area contributed by atoms with Crippen LogP contribution in [0.4, 0.5) is 4.39 Å². The first kappa shape index (κ1) is 14.6. The molecule has 2 aromatic rings. The first-order valence-corrected chi connectivity index (χ1v) is 6.76. The number of hydrogen-bond donors (Lipinski definition) is 1. The van der Waals surface area contributed by atoms with Crippen LogP contribution in [-0.4, -0.2) is 0 Å². The van der Waals surface area contributed by atoms with E-state index in [-0.39, 0.29) is 5.82 Å². The Hall–Kier alpha value is -0.800. The van der Waals surface area contributed by atoms with E-state index in [1.165, 1.54) is 18.2 Å². The van der Waals surface area contributed by atoms with E-state index in [9.17, 15) is 4.39 Å². The van der Waals surface area contributed by atoms with Crippen molar-refractivity contribution in [3.05, 3.63) is 68.4 Å². The lowest BCUT2D eigenvalue weighted by Gasteiger charge is -2.15. The molecule has 0 aliphatic rings. The van der Waals surface area contributed by atoms with E-state index in [1.54, 1.807) is 12.1 Å². The van der Waals surface area contributed by atoms with Crippen molar-refractivity contribution >= 4 is 34.8 Å². The minimum Gasteiger partial charge on any atom is -0.324 e. The lowest BCUT2D eigenvalue weighted by atomic mass is 9.99. The Balaban J connectivity index is 2.28. The quantitative estimate of drug-likeness (QED) is 0.844. The van der Waals surface area contributed by atoms with Crippen LogP contribution in [-0.2, 0) is 6.42 Å². The van der Waals surface area contributed by atoms with Crippen LogP contribution in [0.25, 0.3) is 0 Å². The maximum Gasteiger partial charge on any atom is 0.128 e. The molecular weight excluding hydrogens is 308 g/mol. The zero-order valence-electron chi connectivity index (χ0n) is 9.84. The number of benzene rings is 2. The average Bonchev–Trinajstić information content (AvgIpc) is 2.38. The Bertz CT molecular complexity index is 601. The molecule has 100 valence electrons. The molecule has 0 spiro atoms. The van der Waals surface area contributed by atoms with E-state index in [0.29, 0.717) is 27.1 Å². The fourth-order valence-corrected chi connectivity index (χ4v) is 2.43. The van der Waals surface area contributed by atoms with E-state index in [4.69, 9.17) is 40.5 Å². The summed E-state index contributed by atoms with van der Waals surface area (Å²) in [6.45, 7) is 0. The number of halogens is 4. The predicted octanol–water partition coefficient (Wildman–Crippen LogP) is 5.03. The van der Waals surface area contributed by atoms with Gasteiger partial charge in [-0.3, -0.25) is 0 Å². The SMILES string of the molecule is NC(Cc1cccc(Cl)c1Cl)c1cc(Cl)ccc1F. The van der Waals surface area contributed by atoms with Crippen molar-refractivity contribution in [3.8, 4) is 0 Å². The lowest BCUT2D eigenvalue weighted by Crippen LogP contribution is -2.15. The molecule has 0 amide bonds. The Morgan fingerprint density at radius 2 is 1.84 bits per heavy atom. The van der Waals surface area contributed by atoms with E-state index in [2.05, 4.69) is 0 Å². The highest BCUT2D eigenvalue weighted by molar-refractivity contribution is 6.42. The molecule has 0 fully saturated rings. The highest BCUT2D eigenvalue weighted by atomic mass is 35.5. The van der Waals surface area contributed by atoms with Crippen LogP contribution < -0.4 is 5.73 Å². The summed E-state index contributed by atoms with van der Waals surface area (Å²) >= 11 is 17.9. The Kier molecular flexibility index (Phi) is 4.69. The van der Waals surface area contributed by atoms with Crippen molar-refractivity contribution < 1.29 is 4.39 Å². The Labute approximate surface area is 126 Å². The summed E-state index contributed by atoms with van der Waals surface area (Å²) in [7, 11) is 0. The van der Waals surface area contributed by atoms with Crippen LogP contribution >= 0.6 is 34.8 Å². The van der Waals surface area contributed by atoms with Gasteiger partial charge >= 0.3 is 0 Å². The van der Waals surface area contributed by atoms with E-state index in [0.717, 1.165) is 5.56 Å². The number of nitrogens with two attached hydrogens (primary N) is 1. The second kappa shape index (κ2) is 6.10. The van der Waals surface area contributed by atoms with Gasteiger partial charge in [0.05, 0.1) is 10.0 Å². The predicted molar refractivity (Wildman–Crippen MR) is 78.5 cm³/mol. The molecule has 0 radical (unpaired) electrons. The van der Waals surface area contributed by atoms with Gasteiger partial charge in [0.15, 0.2) is 0 Å². The zero-order valence-corrected chi connectivity index (χ0v) is 12.1. The van der Waals surface area contributed by atoms with Gasteiger partial charge in [0.2, 0.25) is 0 Å². The van der Waals surface area contributed by atoms with Crippen molar-refractivity contribution in [1.29, 1.82) is 0 Å². The molecule has 1 atom stereocenters. The molecule has 0 saturated heterocycles. The molecule has 0 heterocycles. The zero-order chi connectivity index (χ0) is 14.0. The van der Waals surface area contributed by atoms with Crippen molar-refractivity contribution in [2.45, 2.75) is 12.5 Å². The first-order valence-electron chi connectivity index (χ1n) is 5.62. The molecule has 1 nitrogen and oxygen atoms in total. The fraction of sp³-hybridized carbons (Fsp3) is 0.143. The van der Waals surface area contributed by atoms with Crippen LogP contribution in [0, 0.1) is 5.82 Å². The third kappa shape index (κ3) is 3.40. The number of hydrogen-bond acceptors (Lipinski definition) is 1. The van der Waals surface area contributed by atoms with Gasteiger partial charge in [-0.1, -0.05) is 46.9 Å². The van der Waals surface area contributed by atoms with Crippen LogP contribution in [0.15, 0.2) is 36.4 Å². The highest BCUT2D eigenvalue weighted by Crippen LogP contribution is 2.29. The van der Waals surface area contributed by atoms with E-state index < -0.39 is 6.04 Å². The molecule has 2 rings (SSSR count). The molecule has 2 aromatic carbocycles. The van der Waals surface area contributed by atoms with Crippen LogP contribution in [0.1, 0.15) is 17.2 Å². The summed E-state index contributed by atoms with van der Waals surface area (Å²) < 4.78 is 13.7. The van der Waals surface area contributed by atoms with Crippen LogP contribution in [0.3, 0.4) is 0 Å². The molecule has 19 heavy (non-hydrogen) atoms. The monoisotopic (exact) mass is 317 g/mol. The normalized spacial score (nSPS) is 12.5. The molecule has 0 bridgehead atoms. The molecular formula is C14H11Cl3FN. The smallest absolute Gasteiger partial charge is 0.128 e. The third-order valence-electron chi connectivity index (χ3n) is 2.83. The van der Waals surface area contributed by atoms with Crippen LogP contribution in [0.2, 0.25) is 15.1 Å². The van der Waals surface area contributed by atoms with Gasteiger partial charge in [-0.25, -0.2) is 4.39 Å². The molecule has 1 unspecified atom stereocenters. The van der Waals surface area contributed by atoms with Crippen molar-refractivity contribution in [2.75, 3.05) is 0 Å². The van der Waals surface area contributed by atoms with Gasteiger partial charge in [0, 0.05) is 16.6 Å². The highest BCUT2D eigenvalue weighted by Gasteiger charge is 2.15. The van der Waals surface area contributed by atoms with Gasteiger partial charge in [0.25, 0.3) is 0 Å². The summed E-state index contributed by atoms with van der Waals surface area (Å²) in [5.74, 6) is -0.380. The molecule has 0 saturated carbocycles. The number of rotatable bonds is 3. The lowest BCUT2D eigenvalue weighted by molar-refractivity contribution is 0.580. The van der Waals surface area contributed by atoms with Crippen molar-refractivity contribution in [1.82, 2.24) is 0 Å². The van der Waals surface area contributed by atoms with Crippen LogP contribution in [0.5, 0.6) is 0 Å². The third-order valence-corrected chi connectivity index (χ3v) is 3.92. The largest absolute Gasteiger partial charge is 0.324 e. The van der Waals surface area contributed by atoms with Gasteiger partial charge < -0.3 is 5.73 Å². The Morgan fingerprint density at radius 1 is 1.11 bits per heavy atom. The van der Waals surface area contributed by atoms with Gasteiger partial charge in [0.1, 0.15) is 5.82 Å². The van der Waals surface area contributed by atoms with Gasteiger partial charge in [-0.15, -0.1) is 0 Å². The van der Waals surface area contributed by atoms with E-state index >= 15 is 0 Å². The molecule has 0 aromatic heterocycles. The second-order valence-electron chi connectivity index (χ2n) is 4.19. The minimum absolute atomic E-state index is 0.364. The second-order valence-corrected chi connectivity index (χ2v) is 5.41. The summed E-state index contributed by atoms with van der Waals surface area (Å²) in [4.78, 5) is 0. The van der Waals surface area contributed by atoms with Crippen molar-refractivity contribution in [2.24, 2.45) is 5.73 Å². The van der Waals surface area contributed by atoms with Gasteiger partial charge in [-0.05, 0) is 36.2 Å². The first-order chi connectivity index (χ1) is 8.99. The standard InChI is InChI=1S/C14H11Cl3FN/c15-9-4-5-12(18)10(7-9)13(19)6-8-2-1-3-11(16)14(8)17/h1-5,7,13H,6,19H2. The summed E-state index contributed by atoms with van der Waals surface area (Å²) in [5.41, 5.74) is 7.16.